The fourth-order valence-corrected chi connectivity index (χ4v) is 2.36. The molecule has 0 saturated carbocycles. The number of benzene rings is 1. The smallest absolute Gasteiger partial charge is 0.243 e. The number of sulfonamides is 1. The van der Waals surface area contributed by atoms with Crippen LogP contribution < -0.4 is 10.5 Å². The fourth-order valence-electron chi connectivity index (χ4n) is 1.21. The number of nitrogen functional groups attached to an aromatic ring is 1. The number of nitrogens with two attached hydrogens (primary N) is 1. The lowest BCUT2D eigenvalue weighted by Gasteiger charge is -2.09. The van der Waals surface area contributed by atoms with Gasteiger partial charge in [-0.3, -0.25) is 0 Å². The minimum absolute atomic E-state index is 0.0360. The largest absolute Gasteiger partial charge is 0.399 e. The first-order valence-corrected chi connectivity index (χ1v) is 6.54. The molecular weight excluding hydrogens is 247 g/mol. The molecule has 0 heterocycles. The highest BCUT2D eigenvalue weighted by Gasteiger charge is 2.18. The van der Waals surface area contributed by atoms with Crippen LogP contribution in [0.4, 0.5) is 10.1 Å². The zero-order valence-electron chi connectivity index (χ0n) is 9.35. The molecule has 17 heavy (non-hydrogen) atoms. The Kier molecular flexibility index (Phi) is 4.44. The quantitative estimate of drug-likeness (QED) is 0.672. The van der Waals surface area contributed by atoms with Crippen LogP contribution in [0.3, 0.4) is 0 Å². The van der Waals surface area contributed by atoms with Crippen molar-refractivity contribution in [2.24, 2.45) is 0 Å². The Morgan fingerprint density at radius 3 is 2.76 bits per heavy atom. The van der Waals surface area contributed by atoms with Gasteiger partial charge in [-0.2, -0.15) is 0 Å². The lowest BCUT2D eigenvalue weighted by atomic mass is 10.3. The minimum atomic E-state index is -3.93. The molecular formula is C10H15FN2O3S. The zero-order valence-corrected chi connectivity index (χ0v) is 10.2. The average Bonchev–Trinajstić information content (AvgIpc) is 2.20. The molecule has 4 N–H and O–H groups in total. The van der Waals surface area contributed by atoms with Crippen LogP contribution in [0, 0.1) is 5.82 Å². The van der Waals surface area contributed by atoms with Gasteiger partial charge in [0.2, 0.25) is 10.0 Å². The van der Waals surface area contributed by atoms with Crippen LogP contribution >= 0.6 is 0 Å². The van der Waals surface area contributed by atoms with Crippen molar-refractivity contribution in [2.45, 2.75) is 24.3 Å². The molecule has 1 aromatic rings. The number of aliphatic hydroxyl groups is 1. The summed E-state index contributed by atoms with van der Waals surface area (Å²) in [6.07, 6.45) is -0.369. The maximum Gasteiger partial charge on any atom is 0.243 e. The standard InChI is InChI=1S/C10H15FN2O3S/c1-7(14)4-5-13-17(15,16)10-6-8(12)2-3-9(10)11/h2-3,6-7,13-14H,4-5,12H2,1H3. The van der Waals surface area contributed by atoms with Crippen LogP contribution in [0.2, 0.25) is 0 Å². The summed E-state index contributed by atoms with van der Waals surface area (Å²) in [6.45, 7) is 1.57. The normalized spacial score (nSPS) is 13.6. The molecule has 1 rings (SSSR count). The molecule has 0 aliphatic rings. The van der Waals surface area contributed by atoms with E-state index in [2.05, 4.69) is 4.72 Å². The van der Waals surface area contributed by atoms with Crippen LogP contribution in [0.25, 0.3) is 0 Å². The first-order valence-electron chi connectivity index (χ1n) is 5.05. The molecule has 1 atom stereocenters. The van der Waals surface area contributed by atoms with Gasteiger partial charge in [0.15, 0.2) is 0 Å². The van der Waals surface area contributed by atoms with Crippen molar-refractivity contribution >= 4 is 15.7 Å². The van der Waals surface area contributed by atoms with E-state index in [1.54, 1.807) is 0 Å². The summed E-state index contributed by atoms with van der Waals surface area (Å²) in [5.41, 5.74) is 5.57. The van der Waals surface area contributed by atoms with Crippen molar-refractivity contribution in [3.63, 3.8) is 0 Å². The Bertz CT molecular complexity index is 488. The van der Waals surface area contributed by atoms with Gasteiger partial charge in [-0.05, 0) is 31.5 Å². The molecule has 0 amide bonds. The van der Waals surface area contributed by atoms with Gasteiger partial charge >= 0.3 is 0 Å². The molecule has 0 saturated heterocycles. The Balaban J connectivity index is 2.86. The fraction of sp³-hybridized carbons (Fsp3) is 0.400. The van der Waals surface area contributed by atoms with E-state index < -0.39 is 26.8 Å². The highest BCUT2D eigenvalue weighted by atomic mass is 32.2. The number of halogens is 1. The van der Waals surface area contributed by atoms with E-state index in [0.717, 1.165) is 12.1 Å². The van der Waals surface area contributed by atoms with Crippen molar-refractivity contribution in [3.8, 4) is 0 Å². The van der Waals surface area contributed by atoms with Crippen molar-refractivity contribution in [2.75, 3.05) is 12.3 Å². The van der Waals surface area contributed by atoms with Gasteiger partial charge in [0.05, 0.1) is 6.10 Å². The Morgan fingerprint density at radius 1 is 1.53 bits per heavy atom. The molecule has 1 aromatic carbocycles. The number of hydrogen-bond acceptors (Lipinski definition) is 4. The third-order valence-electron chi connectivity index (χ3n) is 2.10. The van der Waals surface area contributed by atoms with Gasteiger partial charge in [-0.25, -0.2) is 17.5 Å². The Labute approximate surface area is 99.5 Å². The summed E-state index contributed by atoms with van der Waals surface area (Å²) >= 11 is 0. The lowest BCUT2D eigenvalue weighted by molar-refractivity contribution is 0.186. The van der Waals surface area contributed by atoms with Crippen LogP contribution in [0.1, 0.15) is 13.3 Å². The summed E-state index contributed by atoms with van der Waals surface area (Å²) in [7, 11) is -3.93. The lowest BCUT2D eigenvalue weighted by Crippen LogP contribution is -2.27. The number of hydrogen-bond donors (Lipinski definition) is 3. The van der Waals surface area contributed by atoms with E-state index in [-0.39, 0.29) is 18.7 Å². The molecule has 0 bridgehead atoms. The van der Waals surface area contributed by atoms with E-state index in [9.17, 15) is 12.8 Å². The maximum absolute atomic E-state index is 13.3. The van der Waals surface area contributed by atoms with Crippen molar-refractivity contribution in [1.82, 2.24) is 4.72 Å². The first-order chi connectivity index (χ1) is 7.83. The zero-order chi connectivity index (χ0) is 13.1. The molecule has 96 valence electrons. The predicted octanol–water partition coefficient (Wildman–Crippen LogP) is 0.457. The summed E-state index contributed by atoms with van der Waals surface area (Å²) in [6, 6.07) is 3.34. The van der Waals surface area contributed by atoms with E-state index >= 15 is 0 Å². The number of rotatable bonds is 5. The van der Waals surface area contributed by atoms with E-state index in [1.807, 2.05) is 0 Å². The second-order valence-corrected chi connectivity index (χ2v) is 5.46. The van der Waals surface area contributed by atoms with Gasteiger partial charge in [-0.1, -0.05) is 0 Å². The SMILES string of the molecule is CC(O)CCNS(=O)(=O)c1cc(N)ccc1F. The van der Waals surface area contributed by atoms with E-state index in [4.69, 9.17) is 10.8 Å². The molecule has 7 heteroatoms. The van der Waals surface area contributed by atoms with E-state index in [1.165, 1.54) is 13.0 Å². The Morgan fingerprint density at radius 2 is 2.18 bits per heavy atom. The molecule has 0 radical (unpaired) electrons. The predicted molar refractivity (Wildman–Crippen MR) is 62.3 cm³/mol. The average molecular weight is 262 g/mol. The molecule has 0 aliphatic heterocycles. The van der Waals surface area contributed by atoms with Crippen LogP contribution in [0.15, 0.2) is 23.1 Å². The third-order valence-corrected chi connectivity index (χ3v) is 3.58. The van der Waals surface area contributed by atoms with Gasteiger partial charge in [0.25, 0.3) is 0 Å². The maximum atomic E-state index is 13.3. The number of anilines is 1. The number of aliphatic hydroxyl groups excluding tert-OH is 1. The van der Waals surface area contributed by atoms with Crippen LogP contribution in [0.5, 0.6) is 0 Å². The summed E-state index contributed by atoms with van der Waals surface area (Å²) in [4.78, 5) is -0.483. The minimum Gasteiger partial charge on any atom is -0.399 e. The summed E-state index contributed by atoms with van der Waals surface area (Å²) < 4.78 is 38.9. The number of nitrogens with one attached hydrogen (secondary N) is 1. The highest BCUT2D eigenvalue weighted by molar-refractivity contribution is 7.89. The summed E-state index contributed by atoms with van der Waals surface area (Å²) in [5.74, 6) is -0.858. The van der Waals surface area contributed by atoms with E-state index in [0.29, 0.717) is 0 Å². The molecule has 0 aliphatic carbocycles. The second kappa shape index (κ2) is 5.44. The van der Waals surface area contributed by atoms with Crippen molar-refractivity contribution in [1.29, 1.82) is 0 Å². The topological polar surface area (TPSA) is 92.4 Å². The molecule has 5 nitrogen and oxygen atoms in total. The van der Waals surface area contributed by atoms with Gasteiger partial charge in [-0.15, -0.1) is 0 Å². The monoisotopic (exact) mass is 262 g/mol. The third kappa shape index (κ3) is 3.95. The van der Waals surface area contributed by atoms with Crippen LogP contribution in [-0.4, -0.2) is 26.2 Å². The van der Waals surface area contributed by atoms with Crippen LogP contribution in [-0.2, 0) is 10.0 Å². The van der Waals surface area contributed by atoms with Crippen molar-refractivity contribution in [3.05, 3.63) is 24.0 Å². The second-order valence-electron chi connectivity index (χ2n) is 3.73. The first kappa shape index (κ1) is 13.9. The van der Waals surface area contributed by atoms with Gasteiger partial charge in [0, 0.05) is 12.2 Å². The molecule has 0 fully saturated rings. The molecule has 0 spiro atoms. The molecule has 0 aromatic heterocycles. The van der Waals surface area contributed by atoms with Crippen molar-refractivity contribution < 1.29 is 17.9 Å². The van der Waals surface area contributed by atoms with Gasteiger partial charge in [0.1, 0.15) is 10.7 Å². The molecule has 1 unspecified atom stereocenters. The Hall–Kier alpha value is -1.18. The van der Waals surface area contributed by atoms with Gasteiger partial charge < -0.3 is 10.8 Å². The highest BCUT2D eigenvalue weighted by Crippen LogP contribution is 2.17. The summed E-state index contributed by atoms with van der Waals surface area (Å²) in [5, 5.41) is 8.99.